The second-order valence-corrected chi connectivity index (χ2v) is 3.39. The van der Waals surface area contributed by atoms with Crippen LogP contribution in [0.15, 0.2) is 17.8 Å². The van der Waals surface area contributed by atoms with Crippen LogP contribution in [0.2, 0.25) is 0 Å². The number of rotatable bonds is 4. The Morgan fingerprint density at radius 3 is 2.83 bits per heavy atom. The lowest BCUT2D eigenvalue weighted by Crippen LogP contribution is -2.21. The largest absolute Gasteiger partial charge is 0.351 e. The van der Waals surface area contributed by atoms with Crippen molar-refractivity contribution in [1.82, 2.24) is 5.32 Å². The number of aliphatic imine (C=N–C) groups is 1. The lowest BCUT2D eigenvalue weighted by molar-refractivity contribution is 0.708. The minimum Gasteiger partial charge on any atom is -0.351 e. The second-order valence-electron chi connectivity index (χ2n) is 3.39. The molecule has 1 fully saturated rings. The Kier molecular flexibility index (Phi) is 3.32. The van der Waals surface area contributed by atoms with Gasteiger partial charge in [0, 0.05) is 12.0 Å². The monoisotopic (exact) mass is 166 g/mol. The number of nitrogens with zero attached hydrogens (tertiary/aromatic N) is 1. The average Bonchev–Trinajstić information content (AvgIpc) is 2.86. The molecule has 1 N–H and O–H groups in total. The maximum absolute atomic E-state index is 4.58. The van der Waals surface area contributed by atoms with E-state index in [1.807, 2.05) is 0 Å². The third-order valence-corrected chi connectivity index (χ3v) is 2.16. The van der Waals surface area contributed by atoms with E-state index < -0.39 is 0 Å². The Morgan fingerprint density at radius 2 is 2.42 bits per heavy atom. The van der Waals surface area contributed by atoms with E-state index in [1.165, 1.54) is 12.8 Å². The number of amidine groups is 1. The summed E-state index contributed by atoms with van der Waals surface area (Å²) in [5.41, 5.74) is 0. The molecule has 0 spiro atoms. The van der Waals surface area contributed by atoms with Crippen molar-refractivity contribution in [2.45, 2.75) is 39.2 Å². The summed E-state index contributed by atoms with van der Waals surface area (Å²) >= 11 is 0. The van der Waals surface area contributed by atoms with E-state index in [4.69, 9.17) is 0 Å². The van der Waals surface area contributed by atoms with Crippen LogP contribution < -0.4 is 5.32 Å². The van der Waals surface area contributed by atoms with Crippen LogP contribution in [-0.2, 0) is 0 Å². The first-order chi connectivity index (χ1) is 5.77. The van der Waals surface area contributed by atoms with Crippen molar-refractivity contribution >= 4 is 5.84 Å². The van der Waals surface area contributed by atoms with Gasteiger partial charge in [-0.15, -0.1) is 0 Å². The van der Waals surface area contributed by atoms with Crippen LogP contribution in [0, 0.1) is 5.92 Å². The SMILES string of the molecule is C=CN/C(=N\C(C)CC)C1CC1. The molecule has 0 aromatic carbocycles. The van der Waals surface area contributed by atoms with Gasteiger partial charge in [0.1, 0.15) is 5.84 Å². The van der Waals surface area contributed by atoms with Gasteiger partial charge in [-0.25, -0.2) is 0 Å². The Hall–Kier alpha value is -0.790. The maximum atomic E-state index is 4.58. The van der Waals surface area contributed by atoms with Gasteiger partial charge in [0.15, 0.2) is 0 Å². The van der Waals surface area contributed by atoms with Crippen molar-refractivity contribution < 1.29 is 0 Å². The highest BCUT2D eigenvalue weighted by Gasteiger charge is 2.27. The van der Waals surface area contributed by atoms with Crippen LogP contribution in [0.4, 0.5) is 0 Å². The summed E-state index contributed by atoms with van der Waals surface area (Å²) in [7, 11) is 0. The summed E-state index contributed by atoms with van der Waals surface area (Å²) in [6, 6.07) is 0.438. The smallest absolute Gasteiger partial charge is 0.104 e. The van der Waals surface area contributed by atoms with Gasteiger partial charge in [-0.05, 0) is 32.4 Å². The summed E-state index contributed by atoms with van der Waals surface area (Å²) in [6.45, 7) is 7.96. The summed E-state index contributed by atoms with van der Waals surface area (Å²) in [5.74, 6) is 1.83. The highest BCUT2D eigenvalue weighted by molar-refractivity contribution is 5.87. The predicted molar refractivity (Wildman–Crippen MR) is 53.2 cm³/mol. The molecule has 1 atom stereocenters. The Morgan fingerprint density at radius 1 is 1.75 bits per heavy atom. The molecule has 0 aromatic heterocycles. The fraction of sp³-hybridized carbons (Fsp3) is 0.700. The van der Waals surface area contributed by atoms with Crippen molar-refractivity contribution in [3.8, 4) is 0 Å². The van der Waals surface area contributed by atoms with E-state index in [0.717, 1.165) is 12.3 Å². The Balaban J connectivity index is 2.49. The zero-order chi connectivity index (χ0) is 8.97. The number of hydrogen-bond donors (Lipinski definition) is 1. The molecule has 2 heteroatoms. The van der Waals surface area contributed by atoms with E-state index in [-0.39, 0.29) is 0 Å². The molecule has 1 saturated carbocycles. The first kappa shape index (κ1) is 9.30. The molecule has 68 valence electrons. The van der Waals surface area contributed by atoms with Crippen molar-refractivity contribution in [2.75, 3.05) is 0 Å². The molecule has 1 aliphatic rings. The number of nitrogens with one attached hydrogen (secondary N) is 1. The third-order valence-electron chi connectivity index (χ3n) is 2.16. The third kappa shape index (κ3) is 2.68. The average molecular weight is 166 g/mol. The van der Waals surface area contributed by atoms with Gasteiger partial charge in [-0.3, -0.25) is 4.99 Å². The molecule has 0 bridgehead atoms. The first-order valence-corrected chi connectivity index (χ1v) is 4.73. The fourth-order valence-electron chi connectivity index (χ4n) is 1.05. The van der Waals surface area contributed by atoms with Crippen LogP contribution in [-0.4, -0.2) is 11.9 Å². The summed E-state index contributed by atoms with van der Waals surface area (Å²) in [4.78, 5) is 4.58. The van der Waals surface area contributed by atoms with Crippen molar-refractivity contribution in [3.63, 3.8) is 0 Å². The second kappa shape index (κ2) is 4.29. The molecule has 1 unspecified atom stereocenters. The van der Waals surface area contributed by atoms with Gasteiger partial charge in [0.2, 0.25) is 0 Å². The molecule has 0 radical (unpaired) electrons. The predicted octanol–water partition coefficient (Wildman–Crippen LogP) is 2.33. The summed E-state index contributed by atoms with van der Waals surface area (Å²) in [5, 5.41) is 3.12. The fourth-order valence-corrected chi connectivity index (χ4v) is 1.05. The van der Waals surface area contributed by atoms with Crippen LogP contribution in [0.25, 0.3) is 0 Å². The molecule has 0 heterocycles. The first-order valence-electron chi connectivity index (χ1n) is 4.73. The number of hydrogen-bond acceptors (Lipinski definition) is 1. The van der Waals surface area contributed by atoms with E-state index >= 15 is 0 Å². The van der Waals surface area contributed by atoms with E-state index in [0.29, 0.717) is 12.0 Å². The normalized spacial score (nSPS) is 20.3. The molecule has 0 aliphatic heterocycles. The molecule has 1 aliphatic carbocycles. The molecule has 1 rings (SSSR count). The standard InChI is InChI=1S/C10H18N2/c1-4-8(3)12-10(11-5-2)9-6-7-9/h5,8-9H,2,4,6-7H2,1,3H3,(H,11,12). The van der Waals surface area contributed by atoms with E-state index in [2.05, 4.69) is 30.7 Å². The van der Waals surface area contributed by atoms with Gasteiger partial charge in [0.05, 0.1) is 0 Å². The van der Waals surface area contributed by atoms with Crippen molar-refractivity contribution in [1.29, 1.82) is 0 Å². The Bertz CT molecular complexity index is 180. The van der Waals surface area contributed by atoms with Crippen LogP contribution in [0.3, 0.4) is 0 Å². The van der Waals surface area contributed by atoms with Crippen molar-refractivity contribution in [2.24, 2.45) is 10.9 Å². The molecule has 0 aromatic rings. The van der Waals surface area contributed by atoms with Gasteiger partial charge in [-0.1, -0.05) is 13.5 Å². The van der Waals surface area contributed by atoms with Crippen molar-refractivity contribution in [3.05, 3.63) is 12.8 Å². The molecular formula is C10H18N2. The van der Waals surface area contributed by atoms with Gasteiger partial charge >= 0.3 is 0 Å². The molecule has 0 saturated heterocycles. The minimum absolute atomic E-state index is 0.438. The van der Waals surface area contributed by atoms with Gasteiger partial charge in [-0.2, -0.15) is 0 Å². The Labute approximate surface area is 74.8 Å². The highest BCUT2D eigenvalue weighted by Crippen LogP contribution is 2.30. The van der Waals surface area contributed by atoms with E-state index in [1.54, 1.807) is 6.20 Å². The molecule has 12 heavy (non-hydrogen) atoms. The molecule has 0 amide bonds. The lowest BCUT2D eigenvalue weighted by atomic mass is 10.2. The lowest BCUT2D eigenvalue weighted by Gasteiger charge is -2.07. The quantitative estimate of drug-likeness (QED) is 0.503. The van der Waals surface area contributed by atoms with E-state index in [9.17, 15) is 0 Å². The molecular weight excluding hydrogens is 148 g/mol. The summed E-state index contributed by atoms with van der Waals surface area (Å²) in [6.07, 6.45) is 5.40. The minimum atomic E-state index is 0.438. The molecule has 2 nitrogen and oxygen atoms in total. The van der Waals surface area contributed by atoms with Gasteiger partial charge < -0.3 is 5.32 Å². The zero-order valence-corrected chi connectivity index (χ0v) is 8.01. The van der Waals surface area contributed by atoms with Crippen LogP contribution in [0.5, 0.6) is 0 Å². The highest BCUT2D eigenvalue weighted by atomic mass is 15.0. The summed E-state index contributed by atoms with van der Waals surface area (Å²) < 4.78 is 0. The maximum Gasteiger partial charge on any atom is 0.104 e. The van der Waals surface area contributed by atoms with Gasteiger partial charge in [0.25, 0.3) is 0 Å². The van der Waals surface area contributed by atoms with Crippen LogP contribution in [0.1, 0.15) is 33.1 Å². The van der Waals surface area contributed by atoms with Crippen LogP contribution >= 0.6 is 0 Å². The zero-order valence-electron chi connectivity index (χ0n) is 8.01. The topological polar surface area (TPSA) is 24.4 Å².